The van der Waals surface area contributed by atoms with Crippen molar-refractivity contribution in [2.24, 2.45) is 0 Å². The third-order valence-corrected chi connectivity index (χ3v) is 4.31. The van der Waals surface area contributed by atoms with Crippen LogP contribution in [0.1, 0.15) is 30.7 Å². The van der Waals surface area contributed by atoms with E-state index < -0.39 is 11.7 Å². The second kappa shape index (κ2) is 7.91. The number of aromatic amines is 1. The number of benzene rings is 1. The zero-order valence-electron chi connectivity index (χ0n) is 15.2. The van der Waals surface area contributed by atoms with Crippen molar-refractivity contribution in [1.29, 1.82) is 0 Å². The van der Waals surface area contributed by atoms with E-state index in [2.05, 4.69) is 42.1 Å². The standard InChI is InChI=1S/C13H16N2.C7H9F3/c1-9-3-4-12-10(7-9)11-8-15(2)6-5-13(11)14-12;1-3-4-5-6(2)7(8,9)10/h3-4,7,14H,5-6,8H2,1-2H3;3-5H,1-2H3/b;4-3+,6-5+. The molecule has 136 valence electrons. The van der Waals surface area contributed by atoms with Gasteiger partial charge in [0, 0.05) is 41.7 Å². The Balaban J connectivity index is 0.000000199. The lowest BCUT2D eigenvalue weighted by Gasteiger charge is -2.22. The molecule has 0 atom stereocenters. The Labute approximate surface area is 147 Å². The average molecular weight is 350 g/mol. The molecule has 0 radical (unpaired) electrons. The van der Waals surface area contributed by atoms with Gasteiger partial charge in [0.05, 0.1) is 0 Å². The quantitative estimate of drug-likeness (QED) is 0.670. The number of nitrogens with one attached hydrogen (secondary N) is 1. The Morgan fingerprint density at radius 2 is 2.00 bits per heavy atom. The van der Waals surface area contributed by atoms with Gasteiger partial charge in [-0.2, -0.15) is 13.2 Å². The molecule has 0 saturated heterocycles. The van der Waals surface area contributed by atoms with Crippen molar-refractivity contribution >= 4 is 10.9 Å². The summed E-state index contributed by atoms with van der Waals surface area (Å²) in [6, 6.07) is 6.67. The minimum atomic E-state index is -4.18. The third kappa shape index (κ3) is 4.98. The van der Waals surface area contributed by atoms with Crippen LogP contribution in [0, 0.1) is 6.92 Å². The van der Waals surface area contributed by atoms with Gasteiger partial charge >= 0.3 is 6.18 Å². The highest BCUT2D eigenvalue weighted by Crippen LogP contribution is 2.27. The maximum Gasteiger partial charge on any atom is 0.412 e. The van der Waals surface area contributed by atoms with Gasteiger partial charge in [-0.25, -0.2) is 0 Å². The fraction of sp³-hybridized carbons (Fsp3) is 0.400. The van der Waals surface area contributed by atoms with Gasteiger partial charge < -0.3 is 9.88 Å². The molecule has 1 N–H and O–H groups in total. The number of halogens is 3. The molecule has 0 fully saturated rings. The van der Waals surface area contributed by atoms with E-state index in [-0.39, 0.29) is 0 Å². The second-order valence-corrected chi connectivity index (χ2v) is 6.49. The van der Waals surface area contributed by atoms with Crippen molar-refractivity contribution in [2.45, 2.75) is 39.9 Å². The van der Waals surface area contributed by atoms with Crippen LogP contribution in [-0.4, -0.2) is 29.7 Å². The number of fused-ring (bicyclic) bond motifs is 3. The molecule has 25 heavy (non-hydrogen) atoms. The van der Waals surface area contributed by atoms with Gasteiger partial charge in [0.25, 0.3) is 0 Å². The van der Waals surface area contributed by atoms with Gasteiger partial charge in [-0.05, 0) is 45.5 Å². The van der Waals surface area contributed by atoms with Crippen molar-refractivity contribution in [3.8, 4) is 0 Å². The highest BCUT2D eigenvalue weighted by molar-refractivity contribution is 5.85. The summed E-state index contributed by atoms with van der Waals surface area (Å²) < 4.78 is 35.0. The van der Waals surface area contributed by atoms with Gasteiger partial charge in [0.15, 0.2) is 0 Å². The largest absolute Gasteiger partial charge is 0.412 e. The zero-order chi connectivity index (χ0) is 18.6. The summed E-state index contributed by atoms with van der Waals surface area (Å²) in [5.41, 5.74) is 5.00. The number of rotatable bonds is 1. The summed E-state index contributed by atoms with van der Waals surface area (Å²) in [6.45, 7) is 7.11. The summed E-state index contributed by atoms with van der Waals surface area (Å²) in [4.78, 5) is 5.92. The SMILES string of the molecule is C/C=C/C=C(\C)C(F)(F)F.Cc1ccc2[nH]c3c(c2c1)CN(C)CC3. The highest BCUT2D eigenvalue weighted by Gasteiger charge is 2.29. The van der Waals surface area contributed by atoms with Crippen molar-refractivity contribution < 1.29 is 13.2 Å². The number of likely N-dealkylation sites (N-methyl/N-ethyl adjacent to an activating group) is 1. The van der Waals surface area contributed by atoms with Crippen LogP contribution < -0.4 is 0 Å². The minimum absolute atomic E-state index is 0.578. The molecule has 0 bridgehead atoms. The molecule has 0 amide bonds. The molecule has 2 nitrogen and oxygen atoms in total. The van der Waals surface area contributed by atoms with Gasteiger partial charge in [0.1, 0.15) is 0 Å². The number of allylic oxidation sites excluding steroid dienone is 4. The first kappa shape index (κ1) is 19.3. The molecular weight excluding hydrogens is 325 g/mol. The van der Waals surface area contributed by atoms with E-state index in [1.807, 2.05) is 0 Å². The molecular formula is C20H25F3N2. The molecule has 5 heteroatoms. The number of hydrogen-bond donors (Lipinski definition) is 1. The summed E-state index contributed by atoms with van der Waals surface area (Å²) in [5, 5.41) is 1.41. The summed E-state index contributed by atoms with van der Waals surface area (Å²) in [6.07, 6.45) is 0.928. The van der Waals surface area contributed by atoms with E-state index in [4.69, 9.17) is 0 Å². The summed E-state index contributed by atoms with van der Waals surface area (Å²) in [7, 11) is 2.19. The van der Waals surface area contributed by atoms with Crippen LogP contribution in [-0.2, 0) is 13.0 Å². The molecule has 1 aromatic carbocycles. The van der Waals surface area contributed by atoms with Crippen molar-refractivity contribution in [2.75, 3.05) is 13.6 Å². The maximum atomic E-state index is 11.7. The molecule has 1 aromatic heterocycles. The fourth-order valence-corrected chi connectivity index (χ4v) is 2.80. The van der Waals surface area contributed by atoms with E-state index in [1.165, 1.54) is 40.3 Å². The Hall–Kier alpha value is -2.01. The van der Waals surface area contributed by atoms with Crippen LogP contribution in [0.5, 0.6) is 0 Å². The highest BCUT2D eigenvalue weighted by atomic mass is 19.4. The van der Waals surface area contributed by atoms with E-state index in [1.54, 1.807) is 13.0 Å². The predicted octanol–water partition coefficient (Wildman–Crippen LogP) is 5.54. The Morgan fingerprint density at radius 3 is 2.64 bits per heavy atom. The van der Waals surface area contributed by atoms with E-state index in [9.17, 15) is 13.2 Å². The van der Waals surface area contributed by atoms with Gasteiger partial charge in [0.2, 0.25) is 0 Å². The van der Waals surface area contributed by atoms with Crippen LogP contribution in [0.3, 0.4) is 0 Å². The topological polar surface area (TPSA) is 19.0 Å². The molecule has 1 aliphatic rings. The van der Waals surface area contributed by atoms with E-state index in [0.29, 0.717) is 0 Å². The Morgan fingerprint density at radius 1 is 1.28 bits per heavy atom. The van der Waals surface area contributed by atoms with E-state index in [0.717, 1.165) is 26.0 Å². The van der Waals surface area contributed by atoms with Crippen molar-refractivity contribution in [3.05, 3.63) is 58.8 Å². The molecule has 2 heterocycles. The Bertz CT molecular complexity index is 782. The molecule has 0 aliphatic carbocycles. The minimum Gasteiger partial charge on any atom is -0.358 e. The number of alkyl halides is 3. The van der Waals surface area contributed by atoms with Crippen LogP contribution in [0.2, 0.25) is 0 Å². The number of hydrogen-bond acceptors (Lipinski definition) is 1. The monoisotopic (exact) mass is 350 g/mol. The van der Waals surface area contributed by atoms with Crippen molar-refractivity contribution in [1.82, 2.24) is 9.88 Å². The van der Waals surface area contributed by atoms with Crippen LogP contribution in [0.25, 0.3) is 10.9 Å². The number of aromatic nitrogens is 1. The van der Waals surface area contributed by atoms with Gasteiger partial charge in [-0.1, -0.05) is 29.9 Å². The van der Waals surface area contributed by atoms with Crippen LogP contribution in [0.15, 0.2) is 42.0 Å². The first-order chi connectivity index (χ1) is 11.7. The molecule has 2 aromatic rings. The summed E-state index contributed by atoms with van der Waals surface area (Å²) >= 11 is 0. The first-order valence-corrected chi connectivity index (χ1v) is 8.37. The number of aryl methyl sites for hydroxylation is 1. The fourth-order valence-electron chi connectivity index (χ4n) is 2.80. The molecule has 0 unspecified atom stereocenters. The molecule has 3 rings (SSSR count). The maximum absolute atomic E-state index is 11.7. The zero-order valence-corrected chi connectivity index (χ0v) is 15.2. The number of nitrogens with zero attached hydrogens (tertiary/aromatic N) is 1. The van der Waals surface area contributed by atoms with Crippen LogP contribution in [0.4, 0.5) is 13.2 Å². The third-order valence-electron chi connectivity index (χ3n) is 4.31. The smallest absolute Gasteiger partial charge is 0.358 e. The van der Waals surface area contributed by atoms with Gasteiger partial charge in [-0.15, -0.1) is 0 Å². The lowest BCUT2D eigenvalue weighted by molar-refractivity contribution is -0.0912. The lowest BCUT2D eigenvalue weighted by atomic mass is 10.0. The summed E-state index contributed by atoms with van der Waals surface area (Å²) in [5.74, 6) is 0. The lowest BCUT2D eigenvalue weighted by Crippen LogP contribution is -2.25. The average Bonchev–Trinajstić information content (AvgIpc) is 2.89. The van der Waals surface area contributed by atoms with Gasteiger partial charge in [-0.3, -0.25) is 0 Å². The Kier molecular flexibility index (Phi) is 6.11. The second-order valence-electron chi connectivity index (χ2n) is 6.49. The van der Waals surface area contributed by atoms with E-state index >= 15 is 0 Å². The van der Waals surface area contributed by atoms with Crippen LogP contribution >= 0.6 is 0 Å². The molecule has 0 spiro atoms. The molecule has 0 saturated carbocycles. The van der Waals surface area contributed by atoms with Crippen molar-refractivity contribution in [3.63, 3.8) is 0 Å². The normalized spacial score (nSPS) is 16.0. The predicted molar refractivity (Wildman–Crippen MR) is 97.7 cm³/mol. The first-order valence-electron chi connectivity index (χ1n) is 8.37. The number of H-pyrrole nitrogens is 1. The molecule has 1 aliphatic heterocycles.